The summed E-state index contributed by atoms with van der Waals surface area (Å²) in [4.78, 5) is 0. The lowest BCUT2D eigenvalue weighted by atomic mass is 9.79. The zero-order valence-corrected chi connectivity index (χ0v) is 16.9. The van der Waals surface area contributed by atoms with Crippen LogP contribution in [0, 0.1) is 17.8 Å². The van der Waals surface area contributed by atoms with Gasteiger partial charge in [-0.15, -0.1) is 0 Å². The van der Waals surface area contributed by atoms with E-state index in [2.05, 4.69) is 42.5 Å². The minimum absolute atomic E-state index is 0.779. The predicted molar refractivity (Wildman–Crippen MR) is 115 cm³/mol. The molecule has 0 amide bonds. The largest absolute Gasteiger partial charge is 0.0623 e. The molecule has 0 aliphatic heterocycles. The van der Waals surface area contributed by atoms with Crippen LogP contribution in [0.25, 0.3) is 0 Å². The Bertz CT molecular complexity index is 494. The van der Waals surface area contributed by atoms with E-state index in [1.807, 2.05) is 0 Å². The van der Waals surface area contributed by atoms with Crippen LogP contribution < -0.4 is 0 Å². The SMILES string of the molecule is C1=CC=CC(C2CCCCC(C3CCCCCCCC3)CCC2)=CC=C1. The molecule has 26 heavy (non-hydrogen) atoms. The third kappa shape index (κ3) is 6.60. The molecule has 0 radical (unpaired) electrons. The number of hydrogen-bond donors (Lipinski definition) is 0. The van der Waals surface area contributed by atoms with Crippen LogP contribution in [0.2, 0.25) is 0 Å². The van der Waals surface area contributed by atoms with Crippen LogP contribution in [0.5, 0.6) is 0 Å². The molecule has 3 aliphatic carbocycles. The molecule has 3 rings (SSSR count). The Hall–Kier alpha value is -1.04. The average Bonchev–Trinajstić information content (AvgIpc) is 2.83. The van der Waals surface area contributed by atoms with E-state index in [0.717, 1.165) is 17.8 Å². The summed E-state index contributed by atoms with van der Waals surface area (Å²) >= 11 is 0. The number of allylic oxidation sites excluding steroid dienone is 8. The zero-order valence-electron chi connectivity index (χ0n) is 16.9. The molecule has 2 saturated carbocycles. The van der Waals surface area contributed by atoms with E-state index in [-0.39, 0.29) is 0 Å². The third-order valence-corrected chi connectivity index (χ3v) is 7.06. The van der Waals surface area contributed by atoms with Crippen LogP contribution in [0.1, 0.15) is 96.3 Å². The van der Waals surface area contributed by atoms with Gasteiger partial charge in [0.1, 0.15) is 0 Å². The molecule has 144 valence electrons. The molecule has 3 aliphatic rings. The minimum Gasteiger partial charge on any atom is -0.0623 e. The van der Waals surface area contributed by atoms with Crippen LogP contribution in [0.15, 0.2) is 48.1 Å². The summed E-state index contributed by atoms with van der Waals surface area (Å²) in [5.74, 6) is 2.84. The Kier molecular flexibility index (Phi) is 8.82. The molecule has 2 fully saturated rings. The molecule has 2 unspecified atom stereocenters. The van der Waals surface area contributed by atoms with Crippen molar-refractivity contribution in [2.24, 2.45) is 17.8 Å². The van der Waals surface area contributed by atoms with E-state index in [1.54, 1.807) is 5.57 Å². The fourth-order valence-electron chi connectivity index (χ4n) is 5.51. The van der Waals surface area contributed by atoms with Gasteiger partial charge >= 0.3 is 0 Å². The van der Waals surface area contributed by atoms with E-state index >= 15 is 0 Å². The van der Waals surface area contributed by atoms with Gasteiger partial charge in [-0.3, -0.25) is 0 Å². The monoisotopic (exact) mass is 352 g/mol. The molecule has 0 heteroatoms. The summed E-state index contributed by atoms with van der Waals surface area (Å²) in [5.41, 5.74) is 1.56. The van der Waals surface area contributed by atoms with Crippen molar-refractivity contribution in [1.29, 1.82) is 0 Å². The van der Waals surface area contributed by atoms with Gasteiger partial charge in [0.2, 0.25) is 0 Å². The van der Waals surface area contributed by atoms with Crippen LogP contribution in [0.4, 0.5) is 0 Å². The van der Waals surface area contributed by atoms with Gasteiger partial charge in [-0.25, -0.2) is 0 Å². The van der Waals surface area contributed by atoms with Gasteiger partial charge in [0.25, 0.3) is 0 Å². The maximum Gasteiger partial charge on any atom is -0.0162 e. The van der Waals surface area contributed by atoms with Crippen LogP contribution >= 0.6 is 0 Å². The van der Waals surface area contributed by atoms with E-state index in [1.165, 1.54) is 96.3 Å². The quantitative estimate of drug-likeness (QED) is 0.468. The molecular formula is C26H40. The van der Waals surface area contributed by atoms with Crippen LogP contribution in [-0.2, 0) is 0 Å². The Morgan fingerprint density at radius 2 is 0.962 bits per heavy atom. The molecule has 0 saturated heterocycles. The normalized spacial score (nSPS) is 29.9. The number of hydrogen-bond acceptors (Lipinski definition) is 0. The van der Waals surface area contributed by atoms with Gasteiger partial charge in [0, 0.05) is 0 Å². The van der Waals surface area contributed by atoms with Gasteiger partial charge in [-0.05, 0) is 36.2 Å². The first-order chi connectivity index (χ1) is 12.9. The van der Waals surface area contributed by atoms with Crippen molar-refractivity contribution in [2.75, 3.05) is 0 Å². The fraction of sp³-hybridized carbons (Fsp3) is 0.692. The van der Waals surface area contributed by atoms with Gasteiger partial charge < -0.3 is 0 Å². The van der Waals surface area contributed by atoms with E-state index in [4.69, 9.17) is 0 Å². The second-order valence-corrected chi connectivity index (χ2v) is 8.93. The topological polar surface area (TPSA) is 0 Å². The molecule has 0 nitrogen and oxygen atoms in total. The Morgan fingerprint density at radius 1 is 0.462 bits per heavy atom. The van der Waals surface area contributed by atoms with Crippen molar-refractivity contribution in [3.63, 3.8) is 0 Å². The highest BCUT2D eigenvalue weighted by Gasteiger charge is 2.23. The smallest absolute Gasteiger partial charge is 0.0162 e. The molecule has 0 N–H and O–H groups in total. The van der Waals surface area contributed by atoms with E-state index in [0.29, 0.717) is 0 Å². The van der Waals surface area contributed by atoms with Crippen molar-refractivity contribution >= 4 is 0 Å². The van der Waals surface area contributed by atoms with Crippen molar-refractivity contribution in [3.8, 4) is 0 Å². The highest BCUT2D eigenvalue weighted by Crippen LogP contribution is 2.37. The highest BCUT2D eigenvalue weighted by molar-refractivity contribution is 5.32. The second-order valence-electron chi connectivity index (χ2n) is 8.93. The van der Waals surface area contributed by atoms with Crippen molar-refractivity contribution < 1.29 is 0 Å². The van der Waals surface area contributed by atoms with Crippen LogP contribution in [0.3, 0.4) is 0 Å². The average molecular weight is 353 g/mol. The Balaban J connectivity index is 1.56. The van der Waals surface area contributed by atoms with Gasteiger partial charge in [0.05, 0.1) is 0 Å². The first kappa shape index (κ1) is 19.7. The molecular weight excluding hydrogens is 312 g/mol. The highest BCUT2D eigenvalue weighted by atomic mass is 14.3. The summed E-state index contributed by atoms with van der Waals surface area (Å²) in [5, 5.41) is 0. The van der Waals surface area contributed by atoms with Crippen molar-refractivity contribution in [2.45, 2.75) is 96.3 Å². The van der Waals surface area contributed by atoms with Gasteiger partial charge in [-0.2, -0.15) is 0 Å². The molecule has 0 spiro atoms. The number of rotatable bonds is 2. The fourth-order valence-corrected chi connectivity index (χ4v) is 5.51. The van der Waals surface area contributed by atoms with Crippen molar-refractivity contribution in [1.82, 2.24) is 0 Å². The first-order valence-electron chi connectivity index (χ1n) is 11.6. The lowest BCUT2D eigenvalue weighted by molar-refractivity contribution is 0.246. The van der Waals surface area contributed by atoms with Crippen molar-refractivity contribution in [3.05, 3.63) is 48.1 Å². The van der Waals surface area contributed by atoms with E-state index in [9.17, 15) is 0 Å². The predicted octanol–water partition coefficient (Wildman–Crippen LogP) is 8.32. The molecule has 0 aromatic rings. The minimum atomic E-state index is 0.779. The molecule has 0 bridgehead atoms. The van der Waals surface area contributed by atoms with Crippen LogP contribution in [-0.4, -0.2) is 0 Å². The summed E-state index contributed by atoms with van der Waals surface area (Å²) < 4.78 is 0. The molecule has 0 aromatic carbocycles. The summed E-state index contributed by atoms with van der Waals surface area (Å²) in [6.45, 7) is 0. The molecule has 0 heterocycles. The lowest BCUT2D eigenvalue weighted by Crippen LogP contribution is -2.15. The lowest BCUT2D eigenvalue weighted by Gasteiger charge is -2.27. The maximum atomic E-state index is 2.36. The van der Waals surface area contributed by atoms with Gasteiger partial charge in [-0.1, -0.05) is 126 Å². The summed E-state index contributed by atoms with van der Waals surface area (Å²) in [6, 6.07) is 0. The molecule has 0 aromatic heterocycles. The summed E-state index contributed by atoms with van der Waals surface area (Å²) in [7, 11) is 0. The molecule has 2 atom stereocenters. The standard InChI is InChI=1S/C26H40/c1-2-5-9-16-23(15-8-4-1)25-19-12-13-20-26(22-14-21-25)24-17-10-6-3-7-11-18-24/h3,6-7,10-11,17-18,23,25-26H,1-2,4-5,8-9,12-16,19-22H2. The Labute approximate surface area is 162 Å². The third-order valence-electron chi connectivity index (χ3n) is 7.06. The van der Waals surface area contributed by atoms with E-state index < -0.39 is 0 Å². The van der Waals surface area contributed by atoms with Gasteiger partial charge in [0.15, 0.2) is 0 Å². The summed E-state index contributed by atoms with van der Waals surface area (Å²) in [6.07, 6.45) is 37.8. The first-order valence-corrected chi connectivity index (χ1v) is 11.6. The Morgan fingerprint density at radius 3 is 1.73 bits per heavy atom. The zero-order chi connectivity index (χ0) is 17.9. The maximum absolute atomic E-state index is 2.36. The second kappa shape index (κ2) is 11.6.